The standard InChI is InChI=1S/C64H66F4N10O8/c1-4-45-48(65)17-16-39-24-42(80)25-46(54(39)45)57-60(58-47(28-70-57)61(76-29-40-6-5-7-41(76)27-69-40)73-64(72-58)86-44-20-22-84-23-21-44)85-33-35-8-10-36(11-9-35)51-31-78(75-74-51)59(34(2)3)63(83)77-30-43(81)26-53(77)62(82)71-52(32-79)37-12-14-38(15-13-37)55-49(66)18-19-50(67)56(55)68/h8-19,24-25,28,31,34,40-41,43-44,52-53,59,69,79-81H,4-7,20-23,26-27,29-30,32-33H2,1-3H3,(H,71,82)/t40?,41?,43-,52+,53+,59+/m1/s1. The second kappa shape index (κ2) is 24.6. The van der Waals surface area contributed by atoms with E-state index >= 15 is 4.39 Å². The number of hydrogen-bond acceptors (Lipinski definition) is 15. The molecule has 0 aliphatic carbocycles. The maximum Gasteiger partial charge on any atom is 0.319 e. The van der Waals surface area contributed by atoms with Gasteiger partial charge in [-0.2, -0.15) is 9.97 Å². The van der Waals surface area contributed by atoms with Gasteiger partial charge in [0.15, 0.2) is 17.4 Å². The number of amides is 2. The Bertz CT molecular complexity index is 3830. The van der Waals surface area contributed by atoms with Crippen LogP contribution in [0.4, 0.5) is 23.4 Å². The predicted molar refractivity (Wildman–Crippen MR) is 312 cm³/mol. The molecule has 5 aliphatic rings. The molecule has 86 heavy (non-hydrogen) atoms. The number of anilines is 1. The van der Waals surface area contributed by atoms with Gasteiger partial charge in [0, 0.05) is 68.3 Å². The van der Waals surface area contributed by atoms with E-state index in [1.165, 1.54) is 39.9 Å². The summed E-state index contributed by atoms with van der Waals surface area (Å²) in [5, 5.41) is 49.7. The third-order valence-electron chi connectivity index (χ3n) is 17.0. The molecule has 5 saturated heterocycles. The number of aromatic nitrogens is 6. The number of piperazine rings is 1. The van der Waals surface area contributed by atoms with Gasteiger partial charge in [0.05, 0.1) is 49.1 Å². The van der Waals surface area contributed by atoms with Crippen LogP contribution in [0.5, 0.6) is 17.5 Å². The zero-order valence-electron chi connectivity index (χ0n) is 47.7. The summed E-state index contributed by atoms with van der Waals surface area (Å²) in [4.78, 5) is 47.6. The highest BCUT2D eigenvalue weighted by Gasteiger charge is 2.43. The van der Waals surface area contributed by atoms with Crippen LogP contribution in [0.1, 0.15) is 88.1 Å². The highest BCUT2D eigenvalue weighted by molar-refractivity contribution is 6.04. The molecule has 2 bridgehead atoms. The minimum Gasteiger partial charge on any atom is -0.508 e. The summed E-state index contributed by atoms with van der Waals surface area (Å²) in [7, 11) is 0. The molecule has 8 heterocycles. The van der Waals surface area contributed by atoms with Gasteiger partial charge in [0.1, 0.15) is 64.9 Å². The second-order valence-corrected chi connectivity index (χ2v) is 23.0. The van der Waals surface area contributed by atoms with Crippen molar-refractivity contribution in [3.63, 3.8) is 0 Å². The molecule has 0 saturated carbocycles. The van der Waals surface area contributed by atoms with Crippen LogP contribution >= 0.6 is 0 Å². The largest absolute Gasteiger partial charge is 0.508 e. The molecule has 5 aliphatic heterocycles. The number of aryl methyl sites for hydroxylation is 1. The predicted octanol–water partition coefficient (Wildman–Crippen LogP) is 9.07. The van der Waals surface area contributed by atoms with E-state index in [2.05, 4.69) is 25.8 Å². The minimum atomic E-state index is -1.35. The van der Waals surface area contributed by atoms with Crippen LogP contribution < -0.4 is 25.0 Å². The molecule has 13 rings (SSSR count). The molecule has 0 spiro atoms. The van der Waals surface area contributed by atoms with E-state index in [1.54, 1.807) is 30.6 Å². The summed E-state index contributed by atoms with van der Waals surface area (Å²) in [6, 6.07) is 18.3. The Balaban J connectivity index is 0.818. The number of nitrogens with zero attached hydrogens (tertiary/aromatic N) is 8. The fourth-order valence-corrected chi connectivity index (χ4v) is 12.6. The quantitative estimate of drug-likeness (QED) is 0.0424. The summed E-state index contributed by atoms with van der Waals surface area (Å²) in [6.07, 6.45) is 6.88. The maximum absolute atomic E-state index is 15.8. The van der Waals surface area contributed by atoms with Gasteiger partial charge >= 0.3 is 6.01 Å². The Hall–Kier alpha value is -8.31. The van der Waals surface area contributed by atoms with Gasteiger partial charge in [-0.25, -0.2) is 22.2 Å². The SMILES string of the molecule is CCc1c(F)ccc2cc(O)cc(-c3ncc4c(N5CC6CCCC5CN6)nc(OC5CCOCC5)nc4c3OCc3ccc(-c4cn([C@H](C(=O)N5C[C@H](O)C[C@H]5C(=O)N[C@@H](CO)c5ccc(-c6c(F)ccc(F)c6F)cc5)C(C)C)nn4)cc3)c12. The molecular weight excluding hydrogens is 1110 g/mol. The Morgan fingerprint density at radius 1 is 0.895 bits per heavy atom. The molecule has 18 nitrogen and oxygen atoms in total. The first kappa shape index (κ1) is 58.1. The van der Waals surface area contributed by atoms with Crippen molar-refractivity contribution in [1.82, 2.24) is 45.5 Å². The number of carbonyl (C=O) groups excluding carboxylic acids is 2. The number of aliphatic hydroxyl groups excluding tert-OH is 2. The third kappa shape index (κ3) is 11.5. The van der Waals surface area contributed by atoms with Crippen molar-refractivity contribution >= 4 is 39.3 Å². The van der Waals surface area contributed by atoms with Crippen LogP contribution in [0.15, 0.2) is 97.3 Å². The summed E-state index contributed by atoms with van der Waals surface area (Å²) in [5.74, 6) is -4.47. The van der Waals surface area contributed by atoms with Crippen LogP contribution in [-0.2, 0) is 27.4 Å². The average molecular weight is 1180 g/mol. The van der Waals surface area contributed by atoms with Gasteiger partial charge in [-0.3, -0.25) is 14.6 Å². The van der Waals surface area contributed by atoms with Gasteiger partial charge in [-0.15, -0.1) is 5.10 Å². The van der Waals surface area contributed by atoms with Crippen molar-refractivity contribution in [3.8, 4) is 51.2 Å². The van der Waals surface area contributed by atoms with E-state index in [4.69, 9.17) is 29.2 Å². The van der Waals surface area contributed by atoms with Crippen molar-refractivity contribution in [2.24, 2.45) is 5.92 Å². The Labute approximate surface area is 493 Å². The summed E-state index contributed by atoms with van der Waals surface area (Å²) < 4.78 is 79.6. The van der Waals surface area contributed by atoms with E-state index in [-0.39, 0.29) is 66.8 Å². The number of β-amino-alcohol motifs (C(OH)–C–C–N with tert-alkyl or cyclic N) is 1. The van der Waals surface area contributed by atoms with Gasteiger partial charge in [0.2, 0.25) is 11.8 Å². The molecule has 5 N–H and O–H groups in total. The number of phenols is 1. The first-order valence-corrected chi connectivity index (χ1v) is 29.3. The van der Waals surface area contributed by atoms with Crippen LogP contribution in [0, 0.1) is 29.2 Å². The van der Waals surface area contributed by atoms with Crippen LogP contribution in [0.25, 0.3) is 55.3 Å². The molecule has 3 aromatic heterocycles. The van der Waals surface area contributed by atoms with Gasteiger partial charge in [0.25, 0.3) is 0 Å². The summed E-state index contributed by atoms with van der Waals surface area (Å²) in [6.45, 7) is 7.46. The second-order valence-electron chi connectivity index (χ2n) is 23.0. The monoisotopic (exact) mass is 1180 g/mol. The molecular formula is C64H66F4N10O8. The third-order valence-corrected chi connectivity index (χ3v) is 17.0. The van der Waals surface area contributed by atoms with E-state index in [0.29, 0.717) is 105 Å². The first-order valence-electron chi connectivity index (χ1n) is 29.3. The number of likely N-dealkylation sites (tertiary alicyclic amines) is 1. The lowest BCUT2D eigenvalue weighted by atomic mass is 9.94. The summed E-state index contributed by atoms with van der Waals surface area (Å²) >= 11 is 0. The van der Waals surface area contributed by atoms with Crippen LogP contribution in [0.2, 0.25) is 0 Å². The normalized spacial score (nSPS) is 19.7. The number of aliphatic hydroxyl groups is 2. The molecule has 8 aromatic rings. The lowest BCUT2D eigenvalue weighted by Gasteiger charge is -2.39. The number of fused-ring (bicyclic) bond motifs is 6. The lowest BCUT2D eigenvalue weighted by Crippen LogP contribution is -2.54. The van der Waals surface area contributed by atoms with E-state index in [0.717, 1.165) is 44.0 Å². The minimum absolute atomic E-state index is 0.0189. The topological polar surface area (TPSA) is 222 Å². The van der Waals surface area contributed by atoms with Crippen molar-refractivity contribution in [3.05, 3.63) is 137 Å². The first-order chi connectivity index (χ1) is 41.6. The Morgan fingerprint density at radius 3 is 2.41 bits per heavy atom. The fourth-order valence-electron chi connectivity index (χ4n) is 12.6. The van der Waals surface area contributed by atoms with Crippen molar-refractivity contribution in [2.75, 3.05) is 44.4 Å². The molecule has 6 atom stereocenters. The van der Waals surface area contributed by atoms with Crippen molar-refractivity contribution in [1.29, 1.82) is 0 Å². The van der Waals surface area contributed by atoms with E-state index in [9.17, 15) is 38.1 Å². The number of hydrogen-bond donors (Lipinski definition) is 5. The molecule has 22 heteroatoms. The highest BCUT2D eigenvalue weighted by atomic mass is 19.2. The zero-order valence-corrected chi connectivity index (χ0v) is 47.7. The number of benzene rings is 5. The number of halogens is 4. The van der Waals surface area contributed by atoms with E-state index in [1.807, 2.05) is 45.0 Å². The van der Waals surface area contributed by atoms with Crippen LogP contribution in [0.3, 0.4) is 0 Å². The molecule has 448 valence electrons. The lowest BCUT2D eigenvalue weighted by molar-refractivity contribution is -0.142. The molecule has 0 radical (unpaired) electrons. The smallest absolute Gasteiger partial charge is 0.319 e. The molecule has 2 unspecified atom stereocenters. The number of ether oxygens (including phenoxy) is 3. The number of aromatic hydroxyl groups is 1. The number of carbonyl (C=O) groups is 2. The molecule has 5 fully saturated rings. The van der Waals surface area contributed by atoms with Gasteiger partial charge < -0.3 is 50.0 Å². The molecule has 5 aromatic carbocycles. The summed E-state index contributed by atoms with van der Waals surface area (Å²) in [5.41, 5.74) is 3.43. The number of pyridine rings is 1. The van der Waals surface area contributed by atoms with Gasteiger partial charge in [-0.05, 0) is 95.0 Å². The van der Waals surface area contributed by atoms with Crippen LogP contribution in [-0.4, -0.2) is 132 Å². The zero-order chi connectivity index (χ0) is 59.9. The fraction of sp³-hybridized carbons (Fsp3) is 0.391. The molecule has 2 amide bonds. The Kier molecular flexibility index (Phi) is 16.6. The van der Waals surface area contributed by atoms with Crippen molar-refractivity contribution in [2.45, 2.75) is 115 Å². The number of phenolic OH excluding ortho intramolecular Hbond substituents is 1. The van der Waals surface area contributed by atoms with Gasteiger partial charge in [-0.1, -0.05) is 80.6 Å². The van der Waals surface area contributed by atoms with Crippen molar-refractivity contribution < 1.29 is 56.7 Å². The number of rotatable bonds is 17. The maximum atomic E-state index is 15.8. The number of nitrogens with one attached hydrogen (secondary N) is 2. The highest BCUT2D eigenvalue weighted by Crippen LogP contribution is 2.45. The Morgan fingerprint density at radius 2 is 1.65 bits per heavy atom. The van der Waals surface area contributed by atoms with E-state index < -0.39 is 65.7 Å². The average Bonchev–Trinajstić information content (AvgIpc) is 1.04.